The second-order valence-electron chi connectivity index (χ2n) is 4.48. The van der Waals surface area contributed by atoms with Crippen molar-refractivity contribution < 1.29 is 9.53 Å². The minimum Gasteiger partial charge on any atom is -0.492 e. The van der Waals surface area contributed by atoms with E-state index in [9.17, 15) is 4.79 Å². The first-order chi connectivity index (χ1) is 9.21. The molecule has 0 saturated carbocycles. The first-order valence-electron chi connectivity index (χ1n) is 6.87. The zero-order valence-corrected chi connectivity index (χ0v) is 12.1. The maximum atomic E-state index is 11.1. The number of carbonyl (C=O) groups is 1. The molecule has 1 rings (SSSR count). The number of hydrazine groups is 1. The molecule has 0 spiro atoms. The van der Waals surface area contributed by atoms with Crippen LogP contribution < -0.4 is 4.74 Å². The zero-order chi connectivity index (χ0) is 14.1. The van der Waals surface area contributed by atoms with Gasteiger partial charge in [-0.2, -0.15) is 0 Å². The van der Waals surface area contributed by atoms with Crippen molar-refractivity contribution in [1.82, 2.24) is 10.0 Å². The third kappa shape index (κ3) is 5.30. The fraction of sp³-hybridized carbons (Fsp3) is 0.533. The predicted octanol–water partition coefficient (Wildman–Crippen LogP) is 2.48. The van der Waals surface area contributed by atoms with Crippen LogP contribution in [0.2, 0.25) is 0 Å². The van der Waals surface area contributed by atoms with Gasteiger partial charge in [-0.1, -0.05) is 26.0 Å². The van der Waals surface area contributed by atoms with Gasteiger partial charge in [-0.05, 0) is 31.0 Å². The van der Waals surface area contributed by atoms with Crippen LogP contribution in [0.25, 0.3) is 0 Å². The van der Waals surface area contributed by atoms with Crippen molar-refractivity contribution in [3.8, 4) is 5.75 Å². The Bertz CT molecular complexity index is 382. The number of carbonyl (C=O) groups excluding carboxylic acids is 1. The minimum atomic E-state index is 0.502. The average molecular weight is 264 g/mol. The Hall–Kier alpha value is -1.55. The van der Waals surface area contributed by atoms with Crippen molar-refractivity contribution in [2.45, 2.75) is 27.2 Å². The van der Waals surface area contributed by atoms with Gasteiger partial charge in [0.2, 0.25) is 6.41 Å². The number of rotatable bonds is 9. The lowest BCUT2D eigenvalue weighted by Crippen LogP contribution is -2.44. The highest BCUT2D eigenvalue weighted by Gasteiger charge is 2.10. The predicted molar refractivity (Wildman–Crippen MR) is 77.0 cm³/mol. The van der Waals surface area contributed by atoms with E-state index in [0.717, 1.165) is 31.7 Å². The topological polar surface area (TPSA) is 32.8 Å². The second kappa shape index (κ2) is 8.53. The second-order valence-corrected chi connectivity index (χ2v) is 4.48. The highest BCUT2D eigenvalue weighted by Crippen LogP contribution is 2.12. The summed E-state index contributed by atoms with van der Waals surface area (Å²) in [5.74, 6) is 0.851. The zero-order valence-electron chi connectivity index (χ0n) is 12.1. The number of aryl methyl sites for hydroxylation is 1. The van der Waals surface area contributed by atoms with Crippen molar-refractivity contribution in [3.63, 3.8) is 0 Å². The van der Waals surface area contributed by atoms with Gasteiger partial charge in [0.05, 0.1) is 6.54 Å². The number of amides is 1. The summed E-state index contributed by atoms with van der Waals surface area (Å²) in [6, 6.07) is 7.93. The van der Waals surface area contributed by atoms with E-state index in [1.165, 1.54) is 5.56 Å². The molecule has 0 radical (unpaired) electrons. The molecule has 0 aliphatic rings. The van der Waals surface area contributed by atoms with Crippen molar-refractivity contribution >= 4 is 6.41 Å². The monoisotopic (exact) mass is 264 g/mol. The summed E-state index contributed by atoms with van der Waals surface area (Å²) in [5, 5.41) is 3.73. The maximum Gasteiger partial charge on any atom is 0.224 e. The molecule has 0 unspecified atom stereocenters. The van der Waals surface area contributed by atoms with E-state index in [-0.39, 0.29) is 0 Å². The van der Waals surface area contributed by atoms with E-state index in [2.05, 4.69) is 6.92 Å². The molecule has 1 amide bonds. The van der Waals surface area contributed by atoms with Crippen molar-refractivity contribution in [3.05, 3.63) is 29.8 Å². The molecule has 0 fully saturated rings. The van der Waals surface area contributed by atoms with Gasteiger partial charge in [0.25, 0.3) is 0 Å². The Morgan fingerprint density at radius 3 is 2.63 bits per heavy atom. The van der Waals surface area contributed by atoms with E-state index in [1.807, 2.05) is 43.1 Å². The largest absolute Gasteiger partial charge is 0.492 e. The number of hydrogen-bond acceptors (Lipinski definition) is 3. The SMILES string of the molecule is CCCN(CC)N(C=O)CCOc1cccc(C)c1. The summed E-state index contributed by atoms with van der Waals surface area (Å²) in [4.78, 5) is 11.1. The quantitative estimate of drug-likeness (QED) is 0.507. The lowest BCUT2D eigenvalue weighted by molar-refractivity contribution is -0.135. The molecule has 0 heterocycles. The summed E-state index contributed by atoms with van der Waals surface area (Å²) in [6.07, 6.45) is 1.90. The molecule has 1 aromatic rings. The molecule has 1 aromatic carbocycles. The number of benzene rings is 1. The van der Waals surface area contributed by atoms with Gasteiger partial charge in [0.1, 0.15) is 12.4 Å². The Kier molecular flexibility index (Phi) is 6.97. The number of ether oxygens (including phenoxy) is 1. The molecule has 0 aliphatic carbocycles. The standard InChI is InChI=1S/C15H24N2O2/c1-4-9-16(5-2)17(13-18)10-11-19-15-8-6-7-14(3)12-15/h6-8,12-13H,4-5,9-11H2,1-3H3. The maximum absolute atomic E-state index is 11.1. The molecule has 4 heteroatoms. The highest BCUT2D eigenvalue weighted by molar-refractivity contribution is 5.46. The van der Waals surface area contributed by atoms with Crippen LogP contribution in [-0.2, 0) is 4.79 Å². The highest BCUT2D eigenvalue weighted by atomic mass is 16.5. The Morgan fingerprint density at radius 2 is 2.05 bits per heavy atom. The Balaban J connectivity index is 2.43. The summed E-state index contributed by atoms with van der Waals surface area (Å²) >= 11 is 0. The van der Waals surface area contributed by atoms with Crippen molar-refractivity contribution in [2.24, 2.45) is 0 Å². The summed E-state index contributed by atoms with van der Waals surface area (Å²) < 4.78 is 5.66. The molecule has 0 bridgehead atoms. The minimum absolute atomic E-state index is 0.502. The van der Waals surface area contributed by atoms with Gasteiger partial charge in [-0.3, -0.25) is 9.80 Å². The molecular weight excluding hydrogens is 240 g/mol. The van der Waals surface area contributed by atoms with E-state index in [1.54, 1.807) is 5.01 Å². The molecule has 0 saturated heterocycles. The summed E-state index contributed by atoms with van der Waals surface area (Å²) in [6.45, 7) is 8.98. The van der Waals surface area contributed by atoms with Gasteiger partial charge >= 0.3 is 0 Å². The van der Waals surface area contributed by atoms with E-state index in [0.29, 0.717) is 13.2 Å². The van der Waals surface area contributed by atoms with Crippen molar-refractivity contribution in [2.75, 3.05) is 26.2 Å². The number of hydrogen-bond donors (Lipinski definition) is 0. The normalized spacial score (nSPS) is 10.5. The third-order valence-electron chi connectivity index (χ3n) is 2.91. The van der Waals surface area contributed by atoms with Gasteiger partial charge in [-0.15, -0.1) is 0 Å². The lowest BCUT2D eigenvalue weighted by Gasteiger charge is -2.30. The van der Waals surface area contributed by atoms with Crippen LogP contribution in [0.5, 0.6) is 5.75 Å². The van der Waals surface area contributed by atoms with Gasteiger partial charge in [0.15, 0.2) is 0 Å². The van der Waals surface area contributed by atoms with Crippen LogP contribution in [0.15, 0.2) is 24.3 Å². The first kappa shape index (κ1) is 15.5. The number of nitrogens with zero attached hydrogens (tertiary/aromatic N) is 2. The molecule has 106 valence electrons. The Morgan fingerprint density at radius 1 is 1.26 bits per heavy atom. The van der Waals surface area contributed by atoms with Gasteiger partial charge < -0.3 is 4.74 Å². The van der Waals surface area contributed by atoms with E-state index < -0.39 is 0 Å². The molecule has 0 aliphatic heterocycles. The van der Waals surface area contributed by atoms with Crippen LogP contribution in [0, 0.1) is 6.92 Å². The van der Waals surface area contributed by atoms with Crippen LogP contribution in [0.3, 0.4) is 0 Å². The van der Waals surface area contributed by atoms with E-state index in [4.69, 9.17) is 4.74 Å². The fourth-order valence-corrected chi connectivity index (χ4v) is 1.95. The summed E-state index contributed by atoms with van der Waals surface area (Å²) in [7, 11) is 0. The first-order valence-corrected chi connectivity index (χ1v) is 6.87. The van der Waals surface area contributed by atoms with Crippen LogP contribution in [0.4, 0.5) is 0 Å². The molecule has 0 N–H and O–H groups in total. The molecular formula is C15H24N2O2. The van der Waals surface area contributed by atoms with Crippen LogP contribution in [-0.4, -0.2) is 42.7 Å². The van der Waals surface area contributed by atoms with Crippen LogP contribution in [0.1, 0.15) is 25.8 Å². The molecule has 19 heavy (non-hydrogen) atoms. The fourth-order valence-electron chi connectivity index (χ4n) is 1.95. The van der Waals surface area contributed by atoms with Crippen molar-refractivity contribution in [1.29, 1.82) is 0 Å². The lowest BCUT2D eigenvalue weighted by atomic mass is 10.2. The third-order valence-corrected chi connectivity index (χ3v) is 2.91. The van der Waals surface area contributed by atoms with E-state index >= 15 is 0 Å². The molecule has 0 atom stereocenters. The summed E-state index contributed by atoms with van der Waals surface area (Å²) in [5.41, 5.74) is 1.17. The molecule has 4 nitrogen and oxygen atoms in total. The average Bonchev–Trinajstić information content (AvgIpc) is 2.42. The Labute approximate surface area is 115 Å². The van der Waals surface area contributed by atoms with Gasteiger partial charge in [0, 0.05) is 13.1 Å². The molecule has 0 aromatic heterocycles. The van der Waals surface area contributed by atoms with Crippen LogP contribution >= 0.6 is 0 Å². The van der Waals surface area contributed by atoms with Gasteiger partial charge in [-0.25, -0.2) is 5.01 Å². The smallest absolute Gasteiger partial charge is 0.224 e.